The Morgan fingerprint density at radius 1 is 1.26 bits per heavy atom. The Labute approximate surface area is 107 Å². The van der Waals surface area contributed by atoms with E-state index in [2.05, 4.69) is 25.5 Å². The molecular weight excluding hydrogens is 254 g/mol. The Hall–Kier alpha value is -1.81. The molecule has 2 rings (SSSR count). The fraction of sp³-hybridized carbons (Fsp3) is 0.500. The van der Waals surface area contributed by atoms with Crippen molar-refractivity contribution in [2.45, 2.75) is 12.1 Å². The summed E-state index contributed by atoms with van der Waals surface area (Å²) in [6.45, 7) is -0.891. The van der Waals surface area contributed by atoms with Crippen LogP contribution in [0.2, 0.25) is 0 Å². The van der Waals surface area contributed by atoms with Crippen LogP contribution in [0.5, 0.6) is 0 Å². The molecule has 0 bridgehead atoms. The van der Waals surface area contributed by atoms with E-state index in [-0.39, 0.29) is 30.9 Å². The van der Waals surface area contributed by atoms with Crippen LogP contribution in [0, 0.1) is 0 Å². The van der Waals surface area contributed by atoms with Crippen molar-refractivity contribution in [3.8, 4) is 0 Å². The van der Waals surface area contributed by atoms with Gasteiger partial charge in [-0.3, -0.25) is 15.2 Å². The van der Waals surface area contributed by atoms with Gasteiger partial charge in [0.05, 0.1) is 38.2 Å². The molecule has 0 aliphatic heterocycles. The van der Waals surface area contributed by atoms with E-state index in [4.69, 9.17) is 10.2 Å². The highest BCUT2D eigenvalue weighted by Crippen LogP contribution is 2.17. The average molecular weight is 269 g/mol. The van der Waals surface area contributed by atoms with Gasteiger partial charge in [-0.1, -0.05) is 0 Å². The number of hydrogen-bond acceptors (Lipinski definition) is 7. The van der Waals surface area contributed by atoms with Gasteiger partial charge in [0.2, 0.25) is 0 Å². The van der Waals surface area contributed by atoms with E-state index in [1.165, 1.54) is 6.33 Å². The van der Waals surface area contributed by atoms with Gasteiger partial charge in [0.1, 0.15) is 16.7 Å². The van der Waals surface area contributed by atoms with Gasteiger partial charge in [-0.15, -0.1) is 0 Å². The number of rotatable bonds is 6. The molecule has 2 aromatic heterocycles. The van der Waals surface area contributed by atoms with Crippen LogP contribution in [0.3, 0.4) is 0 Å². The second-order valence-corrected chi connectivity index (χ2v) is 4.03. The van der Waals surface area contributed by atoms with Crippen molar-refractivity contribution < 1.29 is 15.3 Å². The number of aliphatic hydroxyl groups excluding tert-OH is 3. The second-order valence-electron chi connectivity index (χ2n) is 4.03. The molecule has 0 saturated carbocycles. The number of nitrogens with zero attached hydrogens (tertiary/aromatic N) is 2. The van der Waals surface area contributed by atoms with Crippen molar-refractivity contribution >= 4 is 11.0 Å². The normalized spacial score (nSPS) is 13.3. The summed E-state index contributed by atoms with van der Waals surface area (Å²) in [6.07, 6.45) is 1.24. The van der Waals surface area contributed by atoms with E-state index >= 15 is 0 Å². The van der Waals surface area contributed by atoms with Gasteiger partial charge in [-0.25, -0.2) is 4.98 Å². The van der Waals surface area contributed by atoms with Crippen LogP contribution in [0.1, 0.15) is 11.7 Å². The van der Waals surface area contributed by atoms with E-state index in [0.29, 0.717) is 11.2 Å². The highest BCUT2D eigenvalue weighted by atomic mass is 16.3. The van der Waals surface area contributed by atoms with Crippen molar-refractivity contribution in [3.63, 3.8) is 0 Å². The summed E-state index contributed by atoms with van der Waals surface area (Å²) in [5.74, 6) is 0. The zero-order chi connectivity index (χ0) is 13.8. The molecule has 0 amide bonds. The van der Waals surface area contributed by atoms with Crippen molar-refractivity contribution in [1.82, 2.24) is 25.5 Å². The maximum absolute atomic E-state index is 11.5. The third-order valence-corrected chi connectivity index (χ3v) is 2.77. The van der Waals surface area contributed by atoms with Crippen molar-refractivity contribution in [3.05, 3.63) is 22.4 Å². The Morgan fingerprint density at radius 2 is 2.00 bits per heavy atom. The molecule has 0 spiro atoms. The van der Waals surface area contributed by atoms with Gasteiger partial charge in [0, 0.05) is 0 Å². The van der Waals surface area contributed by atoms with Crippen LogP contribution >= 0.6 is 0 Å². The minimum Gasteiger partial charge on any atom is -0.395 e. The standard InChI is InChI=1S/C10H15N5O4/c16-1-5(2-17)13-6(3-18)7-8-9(15-14-7)10(19)12-4-11-8/h4-6,13,16-18H,1-3H2,(H,14,15)(H,11,12,19). The molecule has 0 aromatic carbocycles. The van der Waals surface area contributed by atoms with Crippen molar-refractivity contribution in [2.75, 3.05) is 19.8 Å². The molecule has 9 nitrogen and oxygen atoms in total. The first-order valence-electron chi connectivity index (χ1n) is 5.71. The van der Waals surface area contributed by atoms with Gasteiger partial charge >= 0.3 is 0 Å². The third kappa shape index (κ3) is 2.63. The maximum atomic E-state index is 11.5. The fourth-order valence-electron chi connectivity index (χ4n) is 1.78. The molecule has 0 aliphatic carbocycles. The summed E-state index contributed by atoms with van der Waals surface area (Å²) in [6, 6.07) is -1.24. The number of fused-ring (bicyclic) bond motifs is 1. The van der Waals surface area contributed by atoms with Gasteiger partial charge in [0.15, 0.2) is 0 Å². The summed E-state index contributed by atoms with van der Waals surface area (Å²) < 4.78 is 0. The quantitative estimate of drug-likeness (QED) is 0.343. The zero-order valence-corrected chi connectivity index (χ0v) is 10.00. The first kappa shape index (κ1) is 13.6. The Morgan fingerprint density at radius 3 is 2.63 bits per heavy atom. The summed E-state index contributed by atoms with van der Waals surface area (Å²) in [5, 5.41) is 36.8. The smallest absolute Gasteiger partial charge is 0.276 e. The van der Waals surface area contributed by atoms with E-state index in [0.717, 1.165) is 0 Å². The highest BCUT2D eigenvalue weighted by molar-refractivity contribution is 5.75. The lowest BCUT2D eigenvalue weighted by atomic mass is 10.1. The topological polar surface area (TPSA) is 147 Å². The molecule has 1 atom stereocenters. The predicted molar refractivity (Wildman–Crippen MR) is 65.4 cm³/mol. The van der Waals surface area contributed by atoms with E-state index in [9.17, 15) is 9.90 Å². The number of aromatic amines is 2. The molecule has 2 aromatic rings. The van der Waals surface area contributed by atoms with Gasteiger partial charge in [-0.2, -0.15) is 5.10 Å². The minimum atomic E-state index is -0.646. The Bertz CT molecular complexity index is 591. The van der Waals surface area contributed by atoms with E-state index in [1.54, 1.807) is 0 Å². The Kier molecular flexibility index (Phi) is 4.22. The lowest BCUT2D eigenvalue weighted by Crippen LogP contribution is -2.40. The maximum Gasteiger partial charge on any atom is 0.276 e. The third-order valence-electron chi connectivity index (χ3n) is 2.77. The average Bonchev–Trinajstić information content (AvgIpc) is 2.86. The van der Waals surface area contributed by atoms with Gasteiger partial charge in [-0.05, 0) is 0 Å². The van der Waals surface area contributed by atoms with Crippen molar-refractivity contribution in [2.24, 2.45) is 0 Å². The number of hydrogen-bond donors (Lipinski definition) is 6. The van der Waals surface area contributed by atoms with Crippen LogP contribution < -0.4 is 10.9 Å². The fourth-order valence-corrected chi connectivity index (χ4v) is 1.78. The number of nitrogens with one attached hydrogen (secondary N) is 3. The molecule has 2 heterocycles. The Balaban J connectivity index is 2.36. The predicted octanol–water partition coefficient (Wildman–Crippen LogP) is -2.38. The van der Waals surface area contributed by atoms with E-state index in [1.807, 2.05) is 0 Å². The van der Waals surface area contributed by atoms with Crippen LogP contribution in [0.4, 0.5) is 0 Å². The molecule has 0 saturated heterocycles. The molecule has 1 unspecified atom stereocenters. The van der Waals surface area contributed by atoms with E-state index < -0.39 is 12.1 Å². The molecule has 0 radical (unpaired) electrons. The monoisotopic (exact) mass is 269 g/mol. The first-order valence-corrected chi connectivity index (χ1v) is 5.71. The molecule has 19 heavy (non-hydrogen) atoms. The zero-order valence-electron chi connectivity index (χ0n) is 10.00. The minimum absolute atomic E-state index is 0.210. The molecule has 104 valence electrons. The lowest BCUT2D eigenvalue weighted by molar-refractivity contribution is 0.144. The first-order chi connectivity index (χ1) is 9.21. The summed E-state index contributed by atoms with van der Waals surface area (Å²) in [4.78, 5) is 17.9. The van der Waals surface area contributed by atoms with Crippen molar-refractivity contribution in [1.29, 1.82) is 0 Å². The SMILES string of the molecule is O=c1[nH]cnc2c(C(CO)NC(CO)CO)n[nH]c12. The van der Waals surface area contributed by atoms with Gasteiger partial charge in [0.25, 0.3) is 5.56 Å². The lowest BCUT2D eigenvalue weighted by Gasteiger charge is -2.20. The molecule has 0 fully saturated rings. The number of aliphatic hydroxyl groups is 3. The summed E-state index contributed by atoms with van der Waals surface area (Å²) in [5.41, 5.74) is 0.545. The highest BCUT2D eigenvalue weighted by Gasteiger charge is 2.21. The second kappa shape index (κ2) is 5.89. The van der Waals surface area contributed by atoms with Crippen LogP contribution in [-0.2, 0) is 0 Å². The largest absolute Gasteiger partial charge is 0.395 e. The number of aromatic nitrogens is 4. The molecule has 0 aliphatic rings. The summed E-state index contributed by atoms with van der Waals surface area (Å²) in [7, 11) is 0. The summed E-state index contributed by atoms with van der Waals surface area (Å²) >= 11 is 0. The molecular formula is C10H15N5O4. The number of H-pyrrole nitrogens is 2. The molecule has 9 heteroatoms. The van der Waals surface area contributed by atoms with Crippen LogP contribution in [0.25, 0.3) is 11.0 Å². The van der Waals surface area contributed by atoms with Crippen LogP contribution in [0.15, 0.2) is 11.1 Å². The molecule has 6 N–H and O–H groups in total. The van der Waals surface area contributed by atoms with Crippen LogP contribution in [-0.4, -0.2) is 61.3 Å². The van der Waals surface area contributed by atoms with Gasteiger partial charge < -0.3 is 20.3 Å².